The van der Waals surface area contributed by atoms with Crippen molar-refractivity contribution in [2.24, 2.45) is 5.92 Å². The maximum atomic E-state index is 11.8. The van der Waals surface area contributed by atoms with Crippen LogP contribution in [0.3, 0.4) is 0 Å². The lowest BCUT2D eigenvalue weighted by Crippen LogP contribution is -2.14. The van der Waals surface area contributed by atoms with Gasteiger partial charge < -0.3 is 4.74 Å². The van der Waals surface area contributed by atoms with Gasteiger partial charge in [0.2, 0.25) is 0 Å². The fraction of sp³-hybridized carbons (Fsp3) is 0.556. The standard InChI is InChI=1S/C18H25NO5S/c1-3-5-6-14(4-2)13-24-18(21)9-10-25-17-8-7-15(12-20)11-16(17)19(22)23/h7-8,11-12,14H,3-6,9-10,13H2,1-2H3. The van der Waals surface area contributed by atoms with Crippen molar-refractivity contribution in [1.82, 2.24) is 0 Å². The summed E-state index contributed by atoms with van der Waals surface area (Å²) in [5, 5.41) is 11.1. The minimum Gasteiger partial charge on any atom is -0.465 e. The predicted molar refractivity (Wildman–Crippen MR) is 98.1 cm³/mol. The summed E-state index contributed by atoms with van der Waals surface area (Å²) in [5.74, 6) is 0.509. The fourth-order valence-electron chi connectivity index (χ4n) is 2.30. The molecule has 0 radical (unpaired) electrons. The molecule has 0 heterocycles. The van der Waals surface area contributed by atoms with Crippen LogP contribution in [0.1, 0.15) is 56.3 Å². The van der Waals surface area contributed by atoms with Crippen molar-refractivity contribution < 1.29 is 19.2 Å². The number of rotatable bonds is 12. The van der Waals surface area contributed by atoms with Crippen LogP contribution in [0.5, 0.6) is 0 Å². The summed E-state index contributed by atoms with van der Waals surface area (Å²) >= 11 is 1.22. The molecule has 6 nitrogen and oxygen atoms in total. The molecule has 0 saturated heterocycles. The minimum absolute atomic E-state index is 0.117. The van der Waals surface area contributed by atoms with Gasteiger partial charge in [-0.05, 0) is 18.4 Å². The number of benzene rings is 1. The van der Waals surface area contributed by atoms with Crippen LogP contribution in [-0.4, -0.2) is 29.5 Å². The third-order valence-electron chi connectivity index (χ3n) is 3.90. The molecule has 0 aliphatic heterocycles. The summed E-state index contributed by atoms with van der Waals surface area (Å²) < 4.78 is 5.31. The van der Waals surface area contributed by atoms with Crippen LogP contribution in [0.15, 0.2) is 23.1 Å². The monoisotopic (exact) mass is 367 g/mol. The minimum atomic E-state index is -0.521. The second-order valence-electron chi connectivity index (χ2n) is 5.80. The second kappa shape index (κ2) is 11.6. The molecule has 1 aromatic rings. The summed E-state index contributed by atoms with van der Waals surface area (Å²) in [5.41, 5.74) is 0.140. The van der Waals surface area contributed by atoms with Gasteiger partial charge in [0.15, 0.2) is 0 Å². The molecule has 0 aromatic heterocycles. The first kappa shape index (κ1) is 21.2. The van der Waals surface area contributed by atoms with Crippen molar-refractivity contribution >= 4 is 29.7 Å². The first-order valence-electron chi connectivity index (χ1n) is 8.53. The van der Waals surface area contributed by atoms with Crippen LogP contribution in [0.4, 0.5) is 5.69 Å². The van der Waals surface area contributed by atoms with Gasteiger partial charge >= 0.3 is 5.97 Å². The van der Waals surface area contributed by atoms with Crippen LogP contribution in [0, 0.1) is 16.0 Å². The van der Waals surface area contributed by atoms with Crippen LogP contribution < -0.4 is 0 Å². The highest BCUT2D eigenvalue weighted by Gasteiger charge is 2.16. The Hall–Kier alpha value is -1.89. The van der Waals surface area contributed by atoms with E-state index in [-0.39, 0.29) is 23.6 Å². The van der Waals surface area contributed by atoms with E-state index in [9.17, 15) is 19.7 Å². The van der Waals surface area contributed by atoms with E-state index >= 15 is 0 Å². The number of esters is 1. The molecule has 0 N–H and O–H groups in total. The van der Waals surface area contributed by atoms with Gasteiger partial charge in [-0.2, -0.15) is 0 Å². The highest BCUT2D eigenvalue weighted by molar-refractivity contribution is 7.99. The van der Waals surface area contributed by atoms with E-state index in [1.165, 1.54) is 30.0 Å². The van der Waals surface area contributed by atoms with Crippen molar-refractivity contribution in [2.75, 3.05) is 12.4 Å². The average molecular weight is 367 g/mol. The van der Waals surface area contributed by atoms with E-state index in [0.717, 1.165) is 25.7 Å². The SMILES string of the molecule is CCCCC(CC)COC(=O)CCSc1ccc(C=O)cc1[N+](=O)[O-]. The molecule has 0 saturated carbocycles. The molecular formula is C18H25NO5S. The van der Waals surface area contributed by atoms with Crippen LogP contribution >= 0.6 is 11.8 Å². The highest BCUT2D eigenvalue weighted by Crippen LogP contribution is 2.30. The number of aldehydes is 1. The smallest absolute Gasteiger partial charge is 0.306 e. The summed E-state index contributed by atoms with van der Waals surface area (Å²) in [4.78, 5) is 33.5. The lowest BCUT2D eigenvalue weighted by Gasteiger charge is -2.14. The summed E-state index contributed by atoms with van der Waals surface area (Å²) in [6.45, 7) is 4.66. The number of carbonyl (C=O) groups is 2. The number of carbonyl (C=O) groups excluding carboxylic acids is 2. The van der Waals surface area contributed by atoms with Gasteiger partial charge in [0.25, 0.3) is 5.69 Å². The Bertz CT molecular complexity index is 591. The highest BCUT2D eigenvalue weighted by atomic mass is 32.2. The molecule has 0 amide bonds. The first-order chi connectivity index (χ1) is 12.0. The normalized spacial score (nSPS) is 11.8. The van der Waals surface area contributed by atoms with Gasteiger partial charge in [-0.1, -0.05) is 39.2 Å². The van der Waals surface area contributed by atoms with Crippen molar-refractivity contribution in [3.63, 3.8) is 0 Å². The topological polar surface area (TPSA) is 86.5 Å². The van der Waals surface area contributed by atoms with Gasteiger partial charge in [-0.3, -0.25) is 19.7 Å². The number of hydrogen-bond donors (Lipinski definition) is 0. The number of unbranched alkanes of at least 4 members (excludes halogenated alkanes) is 1. The van der Waals surface area contributed by atoms with E-state index in [1.807, 2.05) is 0 Å². The summed E-state index contributed by atoms with van der Waals surface area (Å²) in [6, 6.07) is 4.31. The molecule has 1 atom stereocenters. The number of nitro benzene ring substituents is 1. The van der Waals surface area contributed by atoms with Gasteiger partial charge in [-0.25, -0.2) is 0 Å². The Morgan fingerprint density at radius 1 is 1.40 bits per heavy atom. The van der Waals surface area contributed by atoms with Crippen LogP contribution in [0.2, 0.25) is 0 Å². The zero-order chi connectivity index (χ0) is 18.7. The molecule has 0 bridgehead atoms. The van der Waals surface area contributed by atoms with Gasteiger partial charge in [0.05, 0.1) is 22.8 Å². The molecule has 0 spiro atoms. The Morgan fingerprint density at radius 3 is 2.76 bits per heavy atom. The van der Waals surface area contributed by atoms with E-state index in [1.54, 1.807) is 0 Å². The Kier molecular flexibility index (Phi) is 9.84. The predicted octanol–water partition coefficient (Wildman–Crippen LogP) is 4.65. The summed E-state index contributed by atoms with van der Waals surface area (Å²) in [7, 11) is 0. The number of ether oxygens (including phenoxy) is 1. The van der Waals surface area contributed by atoms with Crippen LogP contribution in [-0.2, 0) is 9.53 Å². The van der Waals surface area contributed by atoms with Gasteiger partial charge in [-0.15, -0.1) is 11.8 Å². The van der Waals surface area contributed by atoms with E-state index < -0.39 is 4.92 Å². The van der Waals surface area contributed by atoms with Crippen molar-refractivity contribution in [3.8, 4) is 0 Å². The lowest BCUT2D eigenvalue weighted by atomic mass is 10.0. The number of nitro groups is 1. The number of hydrogen-bond acceptors (Lipinski definition) is 6. The third kappa shape index (κ3) is 7.69. The van der Waals surface area contributed by atoms with Crippen molar-refractivity contribution in [1.29, 1.82) is 0 Å². The largest absolute Gasteiger partial charge is 0.465 e. The Balaban J connectivity index is 2.45. The number of nitrogens with zero attached hydrogens (tertiary/aromatic N) is 1. The molecule has 138 valence electrons. The fourth-order valence-corrected chi connectivity index (χ4v) is 3.23. The molecule has 0 aliphatic rings. The lowest BCUT2D eigenvalue weighted by molar-refractivity contribution is -0.387. The Morgan fingerprint density at radius 2 is 2.16 bits per heavy atom. The van der Waals surface area contributed by atoms with Gasteiger partial charge in [0.1, 0.15) is 6.29 Å². The van der Waals surface area contributed by atoms with E-state index in [4.69, 9.17) is 4.74 Å². The molecule has 7 heteroatoms. The second-order valence-corrected chi connectivity index (χ2v) is 6.94. The summed E-state index contributed by atoms with van der Waals surface area (Å²) in [6.07, 6.45) is 5.07. The zero-order valence-electron chi connectivity index (χ0n) is 14.7. The third-order valence-corrected chi connectivity index (χ3v) is 4.97. The van der Waals surface area contributed by atoms with E-state index in [2.05, 4.69) is 13.8 Å². The van der Waals surface area contributed by atoms with Crippen molar-refractivity contribution in [2.45, 2.75) is 50.8 Å². The zero-order valence-corrected chi connectivity index (χ0v) is 15.5. The van der Waals surface area contributed by atoms with Crippen molar-refractivity contribution in [3.05, 3.63) is 33.9 Å². The first-order valence-corrected chi connectivity index (χ1v) is 9.52. The molecule has 1 rings (SSSR count). The number of thioether (sulfide) groups is 1. The molecule has 25 heavy (non-hydrogen) atoms. The molecule has 1 aromatic carbocycles. The molecule has 0 fully saturated rings. The molecular weight excluding hydrogens is 342 g/mol. The Labute approximate surface area is 152 Å². The van der Waals surface area contributed by atoms with Gasteiger partial charge in [0, 0.05) is 17.4 Å². The van der Waals surface area contributed by atoms with E-state index in [0.29, 0.717) is 29.5 Å². The maximum Gasteiger partial charge on any atom is 0.306 e. The van der Waals surface area contributed by atoms with Crippen LogP contribution in [0.25, 0.3) is 0 Å². The molecule has 1 unspecified atom stereocenters. The quantitative estimate of drug-likeness (QED) is 0.176. The average Bonchev–Trinajstić information content (AvgIpc) is 2.61. The maximum absolute atomic E-state index is 11.8. The molecule has 0 aliphatic carbocycles.